The molecule has 2 aromatic rings. The van der Waals surface area contributed by atoms with Crippen LogP contribution >= 0.6 is 0 Å². The summed E-state index contributed by atoms with van der Waals surface area (Å²) in [5.74, 6) is 0. The van der Waals surface area contributed by atoms with Gasteiger partial charge in [0.15, 0.2) is 0 Å². The summed E-state index contributed by atoms with van der Waals surface area (Å²) in [6, 6.07) is 16.7. The maximum atomic E-state index is 13.0. The molecule has 0 N–H and O–H groups in total. The highest BCUT2D eigenvalue weighted by molar-refractivity contribution is 7.86. The van der Waals surface area contributed by atoms with Crippen LogP contribution < -0.4 is 0 Å². The van der Waals surface area contributed by atoms with Crippen LogP contribution in [0.1, 0.15) is 82.3 Å². The van der Waals surface area contributed by atoms with Crippen molar-refractivity contribution in [1.82, 2.24) is 0 Å². The molecule has 0 fully saturated rings. The third-order valence-electron chi connectivity index (χ3n) is 6.02. The van der Waals surface area contributed by atoms with Gasteiger partial charge in [-0.1, -0.05) is 112 Å². The van der Waals surface area contributed by atoms with Gasteiger partial charge in [0, 0.05) is 0 Å². The number of rotatable bonds is 18. The van der Waals surface area contributed by atoms with Crippen LogP contribution in [0.15, 0.2) is 72.1 Å². The number of aryl methyl sites for hydroxylation is 1. The minimum Gasteiger partial charge on any atom is -0.371 e. The van der Waals surface area contributed by atoms with Crippen molar-refractivity contribution in [3.63, 3.8) is 0 Å². The maximum absolute atomic E-state index is 13.0. The molecule has 34 heavy (non-hydrogen) atoms. The smallest absolute Gasteiger partial charge is 0.297 e. The largest absolute Gasteiger partial charge is 0.371 e. The Morgan fingerprint density at radius 1 is 0.853 bits per heavy atom. The molecule has 0 aliphatic heterocycles. The van der Waals surface area contributed by atoms with Crippen LogP contribution in [0.5, 0.6) is 0 Å². The molecule has 0 bridgehead atoms. The molecule has 0 aliphatic carbocycles. The summed E-state index contributed by atoms with van der Waals surface area (Å²) in [5, 5.41) is 0. The van der Waals surface area contributed by atoms with Gasteiger partial charge in [-0.25, -0.2) is 0 Å². The molecule has 5 heteroatoms. The van der Waals surface area contributed by atoms with Gasteiger partial charge in [-0.05, 0) is 37.5 Å². The molecule has 0 unspecified atom stereocenters. The van der Waals surface area contributed by atoms with E-state index in [9.17, 15) is 8.42 Å². The third-order valence-corrected chi connectivity index (χ3v) is 7.37. The Kier molecular flexibility index (Phi) is 13.2. The zero-order valence-corrected chi connectivity index (χ0v) is 21.8. The van der Waals surface area contributed by atoms with E-state index in [1.807, 2.05) is 37.3 Å². The molecule has 2 rings (SSSR count). The van der Waals surface area contributed by atoms with Crippen molar-refractivity contribution in [2.75, 3.05) is 0 Å². The zero-order valence-electron chi connectivity index (χ0n) is 21.0. The molecule has 188 valence electrons. The van der Waals surface area contributed by atoms with Crippen molar-refractivity contribution in [2.24, 2.45) is 0 Å². The van der Waals surface area contributed by atoms with E-state index in [0.29, 0.717) is 13.0 Å². The standard InChI is InChI=1S/C29H42O4S/c1-4-6-7-8-9-10-11-15-19-28(32-24-26-17-13-12-14-18-26)29(16-5-2)33-34(30,31)27-22-20-25(3)21-23-27/h5,12-14,17-18,20-23,28-29H,2,4,6-11,15-16,19,24H2,1,3H3/t28-,29-/m1/s1. The van der Waals surface area contributed by atoms with Crippen molar-refractivity contribution in [1.29, 1.82) is 0 Å². The molecule has 0 saturated heterocycles. The van der Waals surface area contributed by atoms with Gasteiger partial charge in [-0.2, -0.15) is 8.42 Å². The van der Waals surface area contributed by atoms with Crippen LogP contribution in [-0.2, 0) is 25.6 Å². The topological polar surface area (TPSA) is 52.6 Å². The second-order valence-electron chi connectivity index (χ2n) is 9.02. The van der Waals surface area contributed by atoms with Crippen LogP contribution in [0, 0.1) is 6.92 Å². The molecular weight excluding hydrogens is 444 g/mol. The van der Waals surface area contributed by atoms with Gasteiger partial charge in [-0.15, -0.1) is 6.58 Å². The predicted octanol–water partition coefficient (Wildman–Crippen LogP) is 7.76. The first-order valence-corrected chi connectivity index (χ1v) is 14.1. The summed E-state index contributed by atoms with van der Waals surface area (Å²) in [6.45, 7) is 8.41. The molecule has 0 radical (unpaired) electrons. The van der Waals surface area contributed by atoms with Crippen molar-refractivity contribution in [2.45, 2.75) is 102 Å². The summed E-state index contributed by atoms with van der Waals surface area (Å²) in [6.07, 6.45) is 11.6. The SMILES string of the molecule is C=CC[C@@H](OS(=O)(=O)c1ccc(C)cc1)[C@@H](CCCCCCCCCC)OCc1ccccc1. The van der Waals surface area contributed by atoms with Crippen LogP contribution in [0.3, 0.4) is 0 Å². The van der Waals surface area contributed by atoms with E-state index in [1.54, 1.807) is 30.3 Å². The highest BCUT2D eigenvalue weighted by Crippen LogP contribution is 2.24. The van der Waals surface area contributed by atoms with Crippen molar-refractivity contribution in [3.05, 3.63) is 78.4 Å². The van der Waals surface area contributed by atoms with Gasteiger partial charge >= 0.3 is 0 Å². The van der Waals surface area contributed by atoms with E-state index < -0.39 is 16.2 Å². The second-order valence-corrected chi connectivity index (χ2v) is 10.6. The van der Waals surface area contributed by atoms with E-state index >= 15 is 0 Å². The average Bonchev–Trinajstić information content (AvgIpc) is 2.83. The summed E-state index contributed by atoms with van der Waals surface area (Å²) in [7, 11) is -3.90. The first-order valence-electron chi connectivity index (χ1n) is 12.7. The van der Waals surface area contributed by atoms with Crippen molar-refractivity contribution in [3.8, 4) is 0 Å². The molecular formula is C29H42O4S. The molecule has 0 amide bonds. The maximum Gasteiger partial charge on any atom is 0.297 e. The zero-order chi connectivity index (χ0) is 24.7. The monoisotopic (exact) mass is 486 g/mol. The first kappa shape index (κ1) is 28.3. The van der Waals surface area contributed by atoms with E-state index in [1.165, 1.54) is 38.5 Å². The molecule has 0 heterocycles. The summed E-state index contributed by atoms with van der Waals surface area (Å²) in [4.78, 5) is 0.168. The Morgan fingerprint density at radius 2 is 1.47 bits per heavy atom. The number of hydrogen-bond acceptors (Lipinski definition) is 4. The average molecular weight is 487 g/mol. The molecule has 0 aliphatic rings. The quantitative estimate of drug-likeness (QED) is 0.123. The van der Waals surface area contributed by atoms with Crippen LogP contribution in [0.4, 0.5) is 0 Å². The van der Waals surface area contributed by atoms with Gasteiger partial charge in [0.1, 0.15) is 6.10 Å². The van der Waals surface area contributed by atoms with Gasteiger partial charge in [0.25, 0.3) is 10.1 Å². The fourth-order valence-electron chi connectivity index (χ4n) is 3.97. The molecule has 2 aromatic carbocycles. The Morgan fingerprint density at radius 3 is 2.09 bits per heavy atom. The lowest BCUT2D eigenvalue weighted by molar-refractivity contribution is -0.0368. The van der Waals surface area contributed by atoms with E-state index in [4.69, 9.17) is 8.92 Å². The molecule has 0 saturated carbocycles. The molecule has 4 nitrogen and oxygen atoms in total. The highest BCUT2D eigenvalue weighted by Gasteiger charge is 2.28. The lowest BCUT2D eigenvalue weighted by atomic mass is 10.0. The number of hydrogen-bond donors (Lipinski definition) is 0. The van der Waals surface area contributed by atoms with Gasteiger partial charge in [0.2, 0.25) is 0 Å². The molecule has 2 atom stereocenters. The number of unbranched alkanes of at least 4 members (excludes halogenated alkanes) is 7. The summed E-state index contributed by atoms with van der Waals surface area (Å²) >= 11 is 0. The Hall–Kier alpha value is -1.95. The molecule has 0 spiro atoms. The summed E-state index contributed by atoms with van der Waals surface area (Å²) < 4.78 is 38.0. The normalized spacial score (nSPS) is 13.5. The van der Waals surface area contributed by atoms with Gasteiger partial charge in [-0.3, -0.25) is 4.18 Å². The Bertz CT molecular complexity index is 907. The second kappa shape index (κ2) is 15.9. The minimum atomic E-state index is -3.90. The predicted molar refractivity (Wildman–Crippen MR) is 140 cm³/mol. The van der Waals surface area contributed by atoms with Gasteiger partial charge in [0.05, 0.1) is 17.6 Å². The fourth-order valence-corrected chi connectivity index (χ4v) is 5.08. The lowest BCUT2D eigenvalue weighted by Crippen LogP contribution is -2.33. The van der Waals surface area contributed by atoms with Crippen LogP contribution in [-0.4, -0.2) is 20.6 Å². The van der Waals surface area contributed by atoms with E-state index in [-0.39, 0.29) is 11.0 Å². The van der Waals surface area contributed by atoms with E-state index in [0.717, 1.165) is 30.4 Å². The third kappa shape index (κ3) is 10.5. The van der Waals surface area contributed by atoms with Crippen LogP contribution in [0.2, 0.25) is 0 Å². The van der Waals surface area contributed by atoms with Crippen molar-refractivity contribution >= 4 is 10.1 Å². The van der Waals surface area contributed by atoms with Gasteiger partial charge < -0.3 is 4.74 Å². The first-order chi connectivity index (χ1) is 16.5. The highest BCUT2D eigenvalue weighted by atomic mass is 32.2. The minimum absolute atomic E-state index is 0.168. The Labute approximate surface area is 207 Å². The number of benzene rings is 2. The lowest BCUT2D eigenvalue weighted by Gasteiger charge is -2.26. The Balaban J connectivity index is 2.03. The summed E-state index contributed by atoms with van der Waals surface area (Å²) in [5.41, 5.74) is 2.06. The van der Waals surface area contributed by atoms with E-state index in [2.05, 4.69) is 13.5 Å². The number of ether oxygens (including phenoxy) is 1. The van der Waals surface area contributed by atoms with Crippen molar-refractivity contribution < 1.29 is 17.3 Å². The van der Waals surface area contributed by atoms with Crippen LogP contribution in [0.25, 0.3) is 0 Å². The molecule has 0 aromatic heterocycles. The fraction of sp³-hybridized carbons (Fsp3) is 0.517.